The Labute approximate surface area is 177 Å². The molecule has 3 aromatic rings. The van der Waals surface area contributed by atoms with E-state index < -0.39 is 17.9 Å². The fourth-order valence-corrected chi connectivity index (χ4v) is 4.21. The second-order valence-electron chi connectivity index (χ2n) is 6.50. The summed E-state index contributed by atoms with van der Waals surface area (Å²) in [6.07, 6.45) is 0. The third-order valence-corrected chi connectivity index (χ3v) is 5.92. The number of carboxylic acids is 1. The molecule has 1 amide bonds. The van der Waals surface area contributed by atoms with E-state index in [-0.39, 0.29) is 27.7 Å². The molecule has 3 rings (SSSR count). The molecular weight excluding hydrogens is 410 g/mol. The quantitative estimate of drug-likeness (QED) is 0.505. The summed E-state index contributed by atoms with van der Waals surface area (Å²) >= 11 is 7.34. The molecule has 1 atom stereocenters. The number of hydrogen-bond acceptors (Lipinski definition) is 5. The lowest BCUT2D eigenvalue weighted by Crippen LogP contribution is -2.43. The van der Waals surface area contributed by atoms with Crippen LogP contribution in [0.2, 0.25) is 5.02 Å². The number of anilines is 2. The lowest BCUT2D eigenvalue weighted by molar-refractivity contribution is 0.0703. The molecule has 1 heterocycles. The normalized spacial score (nSPS) is 11.8. The summed E-state index contributed by atoms with van der Waals surface area (Å²) < 4.78 is 0. The van der Waals surface area contributed by atoms with E-state index in [0.717, 1.165) is 21.8 Å². The zero-order chi connectivity index (χ0) is 21.1. The van der Waals surface area contributed by atoms with Crippen molar-refractivity contribution in [3.05, 3.63) is 70.1 Å². The molecule has 29 heavy (non-hydrogen) atoms. The van der Waals surface area contributed by atoms with Crippen molar-refractivity contribution in [2.24, 2.45) is 5.73 Å². The minimum Gasteiger partial charge on any atom is -0.477 e. The molecule has 1 unspecified atom stereocenters. The van der Waals surface area contributed by atoms with Crippen LogP contribution in [-0.4, -0.2) is 29.6 Å². The molecule has 0 aliphatic carbocycles. The first-order chi connectivity index (χ1) is 13.8. The highest BCUT2D eigenvalue weighted by Crippen LogP contribution is 2.38. The molecule has 0 aliphatic heterocycles. The highest BCUT2D eigenvalue weighted by Gasteiger charge is 2.30. The van der Waals surface area contributed by atoms with Gasteiger partial charge >= 0.3 is 5.97 Å². The number of carbonyl (C=O) groups excluding carboxylic acids is 1. The van der Waals surface area contributed by atoms with E-state index in [1.54, 1.807) is 19.1 Å². The molecule has 0 saturated carbocycles. The largest absolute Gasteiger partial charge is 0.477 e. The molecule has 0 radical (unpaired) electrons. The Morgan fingerprint density at radius 2 is 1.86 bits per heavy atom. The van der Waals surface area contributed by atoms with Crippen LogP contribution in [-0.2, 0) is 0 Å². The number of amides is 1. The fraction of sp³-hybridized carbons (Fsp3) is 0.143. The Kier molecular flexibility index (Phi) is 6.22. The van der Waals surface area contributed by atoms with Crippen molar-refractivity contribution in [3.63, 3.8) is 0 Å². The maximum absolute atomic E-state index is 13.4. The van der Waals surface area contributed by atoms with Gasteiger partial charge in [-0.1, -0.05) is 41.9 Å². The van der Waals surface area contributed by atoms with Crippen molar-refractivity contribution in [3.8, 4) is 10.4 Å². The van der Waals surface area contributed by atoms with E-state index in [1.807, 2.05) is 30.3 Å². The highest BCUT2D eigenvalue weighted by atomic mass is 35.5. The van der Waals surface area contributed by atoms with Crippen molar-refractivity contribution in [1.82, 2.24) is 0 Å². The number of benzene rings is 2. The van der Waals surface area contributed by atoms with E-state index in [2.05, 4.69) is 0 Å². The molecule has 0 saturated heterocycles. The zero-order valence-corrected chi connectivity index (χ0v) is 17.2. The van der Waals surface area contributed by atoms with Gasteiger partial charge in [0.05, 0.1) is 16.3 Å². The Bertz CT molecular complexity index is 1050. The molecule has 5 N–H and O–H groups in total. The van der Waals surface area contributed by atoms with Crippen LogP contribution >= 0.6 is 22.9 Å². The first-order valence-electron chi connectivity index (χ1n) is 8.84. The standard InChI is InChI=1S/C21H20ClN3O3S/c1-12(11-23)25(20(26)15-8-7-14(24)9-16(15)22)17-10-18(29-19(17)21(27)28)13-5-3-2-4-6-13/h2-10,12H,11,23-24H2,1H3,(H,27,28). The van der Waals surface area contributed by atoms with Gasteiger partial charge in [0.25, 0.3) is 5.91 Å². The number of aromatic carboxylic acids is 1. The summed E-state index contributed by atoms with van der Waals surface area (Å²) in [6.45, 7) is 1.91. The van der Waals surface area contributed by atoms with E-state index in [0.29, 0.717) is 5.69 Å². The minimum atomic E-state index is -1.11. The summed E-state index contributed by atoms with van der Waals surface area (Å²) in [6, 6.07) is 15.2. The van der Waals surface area contributed by atoms with Gasteiger partial charge in [-0.25, -0.2) is 4.79 Å². The second kappa shape index (κ2) is 8.65. The van der Waals surface area contributed by atoms with Crippen LogP contribution in [0.1, 0.15) is 27.0 Å². The van der Waals surface area contributed by atoms with Crippen molar-refractivity contribution < 1.29 is 14.7 Å². The van der Waals surface area contributed by atoms with Crippen LogP contribution in [0.25, 0.3) is 10.4 Å². The smallest absolute Gasteiger partial charge is 0.348 e. The number of rotatable bonds is 6. The predicted molar refractivity (Wildman–Crippen MR) is 118 cm³/mol. The van der Waals surface area contributed by atoms with Gasteiger partial charge in [0.1, 0.15) is 4.88 Å². The number of halogens is 1. The summed E-state index contributed by atoms with van der Waals surface area (Å²) in [4.78, 5) is 27.5. The number of hydrogen-bond donors (Lipinski definition) is 3. The maximum Gasteiger partial charge on any atom is 0.348 e. The zero-order valence-electron chi connectivity index (χ0n) is 15.6. The van der Waals surface area contributed by atoms with Crippen LogP contribution < -0.4 is 16.4 Å². The van der Waals surface area contributed by atoms with Crippen LogP contribution in [0.4, 0.5) is 11.4 Å². The first-order valence-corrected chi connectivity index (χ1v) is 10.0. The van der Waals surface area contributed by atoms with Crippen LogP contribution in [0.5, 0.6) is 0 Å². The Balaban J connectivity index is 2.15. The molecule has 6 nitrogen and oxygen atoms in total. The lowest BCUT2D eigenvalue weighted by Gasteiger charge is -2.28. The number of carbonyl (C=O) groups is 2. The first kappa shape index (κ1) is 20.9. The molecule has 8 heteroatoms. The van der Waals surface area contributed by atoms with Gasteiger partial charge in [0.2, 0.25) is 0 Å². The van der Waals surface area contributed by atoms with Gasteiger partial charge in [-0.15, -0.1) is 11.3 Å². The van der Waals surface area contributed by atoms with Crippen molar-refractivity contribution >= 4 is 46.2 Å². The van der Waals surface area contributed by atoms with Crippen molar-refractivity contribution in [2.75, 3.05) is 17.2 Å². The van der Waals surface area contributed by atoms with Gasteiger partial charge < -0.3 is 21.5 Å². The minimum absolute atomic E-state index is 0.0593. The topological polar surface area (TPSA) is 110 Å². The van der Waals surface area contributed by atoms with Crippen molar-refractivity contribution in [1.29, 1.82) is 0 Å². The molecule has 150 valence electrons. The van der Waals surface area contributed by atoms with Crippen LogP contribution in [0.15, 0.2) is 54.6 Å². The Hall–Kier alpha value is -2.87. The SMILES string of the molecule is CC(CN)N(C(=O)c1ccc(N)cc1Cl)c1cc(-c2ccccc2)sc1C(=O)O. The molecule has 0 spiro atoms. The summed E-state index contributed by atoms with van der Waals surface area (Å²) in [5.41, 5.74) is 13.4. The molecular formula is C21H20ClN3O3S. The summed E-state index contributed by atoms with van der Waals surface area (Å²) in [5.74, 6) is -1.55. The maximum atomic E-state index is 13.4. The van der Waals surface area contributed by atoms with Gasteiger partial charge in [0.15, 0.2) is 0 Å². The van der Waals surface area contributed by atoms with Gasteiger partial charge in [-0.3, -0.25) is 4.79 Å². The fourth-order valence-electron chi connectivity index (χ4n) is 2.95. The van der Waals surface area contributed by atoms with E-state index in [4.69, 9.17) is 23.1 Å². The van der Waals surface area contributed by atoms with E-state index >= 15 is 0 Å². The van der Waals surface area contributed by atoms with E-state index in [9.17, 15) is 14.7 Å². The lowest BCUT2D eigenvalue weighted by atomic mass is 10.1. The predicted octanol–water partition coefficient (Wildman–Crippen LogP) is 4.34. The number of nitrogens with zero attached hydrogens (tertiary/aromatic N) is 1. The van der Waals surface area contributed by atoms with Crippen molar-refractivity contribution in [2.45, 2.75) is 13.0 Å². The summed E-state index contributed by atoms with van der Waals surface area (Å²) in [5, 5.41) is 9.97. The number of carboxylic acid groups (broad SMARTS) is 1. The van der Waals surface area contributed by atoms with Gasteiger partial charge in [-0.05, 0) is 36.8 Å². The average molecular weight is 430 g/mol. The molecule has 2 aromatic carbocycles. The third kappa shape index (κ3) is 4.27. The molecule has 0 fully saturated rings. The Morgan fingerprint density at radius 3 is 2.45 bits per heavy atom. The van der Waals surface area contributed by atoms with Crippen LogP contribution in [0.3, 0.4) is 0 Å². The number of nitrogen functional groups attached to an aromatic ring is 1. The average Bonchev–Trinajstić information content (AvgIpc) is 3.13. The second-order valence-corrected chi connectivity index (χ2v) is 7.95. The number of thiophene rings is 1. The van der Waals surface area contributed by atoms with Crippen LogP contribution in [0, 0.1) is 0 Å². The molecule has 0 bridgehead atoms. The van der Waals surface area contributed by atoms with Gasteiger partial charge in [-0.2, -0.15) is 0 Å². The molecule has 0 aliphatic rings. The summed E-state index contributed by atoms with van der Waals surface area (Å²) in [7, 11) is 0. The third-order valence-electron chi connectivity index (χ3n) is 4.45. The van der Waals surface area contributed by atoms with E-state index in [1.165, 1.54) is 17.0 Å². The number of nitrogens with two attached hydrogens (primary N) is 2. The Morgan fingerprint density at radius 1 is 1.17 bits per heavy atom. The monoisotopic (exact) mass is 429 g/mol. The van der Waals surface area contributed by atoms with Gasteiger partial charge in [0, 0.05) is 23.2 Å². The molecule has 1 aromatic heterocycles. The highest BCUT2D eigenvalue weighted by molar-refractivity contribution is 7.18.